The standard InChI is InChI=1S/C19H23N5O5/c1-21-16(25)14-3-2-13(12-15(14)17(21)26)20-18(27)22-4-6-23(7-5-22)19(28)24-8-10-29-11-9-24/h2-3,12H,4-11H2,1H3,(H,20,27). The molecule has 29 heavy (non-hydrogen) atoms. The zero-order chi connectivity index (χ0) is 20.5. The van der Waals surface area contributed by atoms with E-state index in [2.05, 4.69) is 5.32 Å². The number of amides is 6. The maximum Gasteiger partial charge on any atom is 0.321 e. The fraction of sp³-hybridized carbons (Fsp3) is 0.474. The third kappa shape index (κ3) is 3.63. The number of carbonyl (C=O) groups excluding carboxylic acids is 4. The minimum Gasteiger partial charge on any atom is -0.378 e. The van der Waals surface area contributed by atoms with Crippen LogP contribution in [-0.2, 0) is 4.74 Å². The largest absolute Gasteiger partial charge is 0.378 e. The third-order valence-corrected chi connectivity index (χ3v) is 5.46. The summed E-state index contributed by atoms with van der Waals surface area (Å²) in [4.78, 5) is 55.4. The molecule has 1 aromatic carbocycles. The first-order chi connectivity index (χ1) is 14.0. The lowest BCUT2D eigenvalue weighted by Gasteiger charge is -2.38. The van der Waals surface area contributed by atoms with Gasteiger partial charge in [-0.2, -0.15) is 0 Å². The van der Waals surface area contributed by atoms with Gasteiger partial charge in [0, 0.05) is 52.0 Å². The number of nitrogens with zero attached hydrogens (tertiary/aromatic N) is 4. The van der Waals surface area contributed by atoms with Crippen molar-refractivity contribution >= 4 is 29.6 Å². The smallest absolute Gasteiger partial charge is 0.321 e. The van der Waals surface area contributed by atoms with E-state index in [1.807, 2.05) is 0 Å². The SMILES string of the molecule is CN1C(=O)c2ccc(NC(=O)N3CCN(C(=O)N4CCOCC4)CC3)cc2C1=O. The molecule has 1 N–H and O–H groups in total. The van der Waals surface area contributed by atoms with E-state index in [0.29, 0.717) is 63.7 Å². The van der Waals surface area contributed by atoms with E-state index < -0.39 is 0 Å². The highest BCUT2D eigenvalue weighted by Crippen LogP contribution is 2.25. The van der Waals surface area contributed by atoms with Gasteiger partial charge in [-0.1, -0.05) is 0 Å². The fourth-order valence-corrected chi connectivity index (χ4v) is 3.70. The molecule has 0 aromatic heterocycles. The number of rotatable bonds is 1. The van der Waals surface area contributed by atoms with Crippen molar-refractivity contribution in [2.24, 2.45) is 0 Å². The summed E-state index contributed by atoms with van der Waals surface area (Å²) in [6.07, 6.45) is 0. The van der Waals surface area contributed by atoms with Crippen molar-refractivity contribution in [1.82, 2.24) is 19.6 Å². The summed E-state index contributed by atoms with van der Waals surface area (Å²) in [7, 11) is 1.43. The molecule has 0 aliphatic carbocycles. The first kappa shape index (κ1) is 19.2. The van der Waals surface area contributed by atoms with Gasteiger partial charge in [-0.05, 0) is 18.2 Å². The molecule has 0 radical (unpaired) electrons. The number of imide groups is 1. The molecule has 10 nitrogen and oxygen atoms in total. The summed E-state index contributed by atoms with van der Waals surface area (Å²) in [5.41, 5.74) is 1.08. The maximum atomic E-state index is 12.6. The van der Waals surface area contributed by atoms with E-state index >= 15 is 0 Å². The molecule has 3 heterocycles. The van der Waals surface area contributed by atoms with Gasteiger partial charge in [0.15, 0.2) is 0 Å². The first-order valence-corrected chi connectivity index (χ1v) is 9.59. The molecule has 3 aliphatic rings. The molecule has 154 valence electrons. The molecular weight excluding hydrogens is 378 g/mol. The van der Waals surface area contributed by atoms with E-state index in [1.54, 1.807) is 26.8 Å². The molecule has 4 rings (SSSR count). The van der Waals surface area contributed by atoms with Gasteiger partial charge in [-0.25, -0.2) is 9.59 Å². The van der Waals surface area contributed by atoms with Crippen LogP contribution in [0.2, 0.25) is 0 Å². The van der Waals surface area contributed by atoms with Crippen LogP contribution >= 0.6 is 0 Å². The summed E-state index contributed by atoms with van der Waals surface area (Å²) < 4.78 is 5.27. The van der Waals surface area contributed by atoms with Crippen molar-refractivity contribution in [3.05, 3.63) is 29.3 Å². The lowest BCUT2D eigenvalue weighted by Crippen LogP contribution is -2.56. The Morgan fingerprint density at radius 1 is 0.862 bits per heavy atom. The number of carbonyl (C=O) groups is 4. The van der Waals surface area contributed by atoms with Gasteiger partial charge in [0.25, 0.3) is 11.8 Å². The maximum absolute atomic E-state index is 12.6. The molecule has 0 atom stereocenters. The minimum absolute atomic E-state index is 0.0146. The second-order valence-electron chi connectivity index (χ2n) is 7.22. The van der Waals surface area contributed by atoms with Crippen molar-refractivity contribution in [2.75, 3.05) is 64.8 Å². The monoisotopic (exact) mass is 401 g/mol. The Balaban J connectivity index is 1.33. The summed E-state index contributed by atoms with van der Waals surface area (Å²) in [5.74, 6) is -0.722. The van der Waals surface area contributed by atoms with Gasteiger partial charge in [-0.3, -0.25) is 14.5 Å². The summed E-state index contributed by atoms with van der Waals surface area (Å²) >= 11 is 0. The number of hydrogen-bond donors (Lipinski definition) is 1. The molecule has 0 saturated carbocycles. The molecule has 6 amide bonds. The summed E-state index contributed by atoms with van der Waals surface area (Å²) in [6.45, 7) is 4.07. The van der Waals surface area contributed by atoms with Crippen molar-refractivity contribution < 1.29 is 23.9 Å². The minimum atomic E-state index is -0.378. The van der Waals surface area contributed by atoms with Crippen LogP contribution < -0.4 is 5.32 Å². The van der Waals surface area contributed by atoms with Crippen LogP contribution in [0.4, 0.5) is 15.3 Å². The number of urea groups is 2. The number of nitrogens with one attached hydrogen (secondary N) is 1. The Kier molecular flexibility index (Phi) is 5.10. The van der Waals surface area contributed by atoms with Gasteiger partial charge in [0.1, 0.15) is 0 Å². The number of fused-ring (bicyclic) bond motifs is 1. The zero-order valence-electron chi connectivity index (χ0n) is 16.2. The van der Waals surface area contributed by atoms with E-state index in [-0.39, 0.29) is 29.4 Å². The Morgan fingerprint density at radius 3 is 2.14 bits per heavy atom. The number of piperazine rings is 1. The van der Waals surface area contributed by atoms with Crippen molar-refractivity contribution in [2.45, 2.75) is 0 Å². The van der Waals surface area contributed by atoms with E-state index in [4.69, 9.17) is 4.74 Å². The number of anilines is 1. The second kappa shape index (κ2) is 7.70. The van der Waals surface area contributed by atoms with Crippen molar-refractivity contribution in [3.63, 3.8) is 0 Å². The lowest BCUT2D eigenvalue weighted by atomic mass is 10.1. The molecule has 3 aliphatic heterocycles. The third-order valence-electron chi connectivity index (χ3n) is 5.46. The Hall–Kier alpha value is -3.14. The highest BCUT2D eigenvalue weighted by atomic mass is 16.5. The summed E-state index contributed by atoms with van der Waals surface area (Å²) in [5, 5.41) is 2.77. The molecule has 2 saturated heterocycles. The fourth-order valence-electron chi connectivity index (χ4n) is 3.70. The van der Waals surface area contributed by atoms with Crippen LogP contribution in [0.1, 0.15) is 20.7 Å². The Morgan fingerprint density at radius 2 is 1.45 bits per heavy atom. The van der Waals surface area contributed by atoms with Crippen LogP contribution in [0, 0.1) is 0 Å². The number of morpholine rings is 1. The predicted octanol–water partition coefficient (Wildman–Crippen LogP) is 0.514. The molecule has 10 heteroatoms. The van der Waals surface area contributed by atoms with Crippen LogP contribution in [0.5, 0.6) is 0 Å². The Bertz CT molecular complexity index is 859. The van der Waals surface area contributed by atoms with E-state index in [1.165, 1.54) is 13.1 Å². The molecule has 2 fully saturated rings. The Labute approximate surface area is 168 Å². The number of ether oxygens (including phenoxy) is 1. The topological polar surface area (TPSA) is 102 Å². The van der Waals surface area contributed by atoms with Crippen molar-refractivity contribution in [3.8, 4) is 0 Å². The quantitative estimate of drug-likeness (QED) is 0.691. The van der Waals surface area contributed by atoms with Gasteiger partial charge in [-0.15, -0.1) is 0 Å². The van der Waals surface area contributed by atoms with E-state index in [9.17, 15) is 19.2 Å². The molecule has 0 unspecified atom stereocenters. The molecular formula is C19H23N5O5. The van der Waals surface area contributed by atoms with Crippen LogP contribution in [0.15, 0.2) is 18.2 Å². The van der Waals surface area contributed by atoms with Crippen LogP contribution in [0.3, 0.4) is 0 Å². The molecule has 0 spiro atoms. The van der Waals surface area contributed by atoms with Gasteiger partial charge >= 0.3 is 12.1 Å². The highest BCUT2D eigenvalue weighted by molar-refractivity contribution is 6.21. The van der Waals surface area contributed by atoms with Gasteiger partial charge in [0.2, 0.25) is 0 Å². The van der Waals surface area contributed by atoms with E-state index in [0.717, 1.165) is 4.90 Å². The average Bonchev–Trinajstić information content (AvgIpc) is 2.97. The number of benzene rings is 1. The average molecular weight is 401 g/mol. The highest BCUT2D eigenvalue weighted by Gasteiger charge is 2.33. The summed E-state index contributed by atoms with van der Waals surface area (Å²) in [6, 6.07) is 4.37. The predicted molar refractivity (Wildman–Crippen MR) is 103 cm³/mol. The molecule has 0 bridgehead atoms. The zero-order valence-corrected chi connectivity index (χ0v) is 16.2. The first-order valence-electron chi connectivity index (χ1n) is 9.59. The van der Waals surface area contributed by atoms with Crippen molar-refractivity contribution in [1.29, 1.82) is 0 Å². The molecule has 1 aromatic rings. The lowest BCUT2D eigenvalue weighted by molar-refractivity contribution is 0.0394. The normalized spacial score (nSPS) is 19.5. The second-order valence-corrected chi connectivity index (χ2v) is 7.22. The van der Waals surface area contributed by atoms with Crippen LogP contribution in [0.25, 0.3) is 0 Å². The number of hydrogen-bond acceptors (Lipinski definition) is 5. The van der Waals surface area contributed by atoms with Crippen LogP contribution in [-0.4, -0.2) is 103 Å². The van der Waals surface area contributed by atoms with Gasteiger partial charge in [0.05, 0.1) is 24.3 Å². The van der Waals surface area contributed by atoms with Gasteiger partial charge < -0.3 is 24.8 Å².